The lowest BCUT2D eigenvalue weighted by Gasteiger charge is -2.18. The van der Waals surface area contributed by atoms with Crippen LogP contribution in [0, 0.1) is 0 Å². The van der Waals surface area contributed by atoms with Crippen molar-refractivity contribution in [3.63, 3.8) is 0 Å². The van der Waals surface area contributed by atoms with Crippen LogP contribution in [0.2, 0.25) is 0 Å². The molecule has 0 atom stereocenters. The van der Waals surface area contributed by atoms with Crippen LogP contribution >= 0.6 is 7.26 Å². The Kier molecular flexibility index (Phi) is 38.8. The van der Waals surface area contributed by atoms with Crippen LogP contribution in [0.25, 0.3) is 0 Å². The summed E-state index contributed by atoms with van der Waals surface area (Å²) >= 11 is 0. The maximum atomic E-state index is 2.64. The molecule has 0 saturated heterocycles. The molecule has 0 fully saturated rings. The third kappa shape index (κ3) is 36.9. The Morgan fingerprint density at radius 2 is 0.400 bits per heavy atom. The second-order valence-electron chi connectivity index (χ2n) is 14.0. The van der Waals surface area contributed by atoms with Crippen LogP contribution in [0.3, 0.4) is 0 Å². The Morgan fingerprint density at radius 1 is 0.250 bits per heavy atom. The van der Waals surface area contributed by atoms with E-state index in [0.717, 1.165) is 0 Å². The Bertz CT molecular complexity index is 397. The van der Waals surface area contributed by atoms with Gasteiger partial charge in [0.2, 0.25) is 0 Å². The zero-order valence-corrected chi connectivity index (χ0v) is 31.3. The predicted molar refractivity (Wildman–Crippen MR) is 188 cm³/mol. The molecular formula is C38H80BrP. The van der Waals surface area contributed by atoms with Crippen LogP contribution in [-0.4, -0.2) is 25.7 Å². The van der Waals surface area contributed by atoms with Gasteiger partial charge in [-0.05, 0) is 25.7 Å². The van der Waals surface area contributed by atoms with Gasteiger partial charge in [-0.25, -0.2) is 0 Å². The Hall–Kier alpha value is 0.910. The number of unbranched alkanes of at least 4 members (excludes halogenated alkanes) is 30. The Balaban J connectivity index is 0. The molecule has 40 heavy (non-hydrogen) atoms. The van der Waals surface area contributed by atoms with Crippen molar-refractivity contribution >= 4 is 7.26 Å². The maximum absolute atomic E-state index is 2.64. The van der Waals surface area contributed by atoms with Crippen molar-refractivity contribution in [3.8, 4) is 0 Å². The molecule has 2 heteroatoms. The van der Waals surface area contributed by atoms with Crippen molar-refractivity contribution < 1.29 is 17.0 Å². The molecule has 0 heterocycles. The first kappa shape index (κ1) is 43.0. The summed E-state index contributed by atoms with van der Waals surface area (Å²) < 4.78 is 0. The van der Waals surface area contributed by atoms with E-state index < -0.39 is 7.26 Å². The summed E-state index contributed by atoms with van der Waals surface area (Å²) in [7, 11) is -0.619. The average molecular weight is 648 g/mol. The molecule has 0 radical (unpaired) electrons. The molecule has 0 N–H and O–H groups in total. The maximum Gasteiger partial charge on any atom is 0.0589 e. The molecule has 0 aromatic heterocycles. The molecule has 0 aromatic rings. The van der Waals surface area contributed by atoms with Crippen molar-refractivity contribution in [2.75, 3.05) is 25.7 Å². The predicted octanol–water partition coefficient (Wildman–Crippen LogP) is 11.8. The van der Waals surface area contributed by atoms with Crippen molar-refractivity contribution in [3.05, 3.63) is 0 Å². The molecule has 0 amide bonds. The zero-order chi connectivity index (χ0) is 28.5. The molecule has 0 unspecified atom stereocenters. The van der Waals surface area contributed by atoms with E-state index in [2.05, 4.69) is 27.2 Å². The van der Waals surface area contributed by atoms with Gasteiger partial charge < -0.3 is 17.0 Å². The van der Waals surface area contributed by atoms with Gasteiger partial charge in [0.1, 0.15) is 0 Å². The minimum atomic E-state index is -0.619. The molecule has 0 saturated carbocycles. The van der Waals surface area contributed by atoms with Crippen LogP contribution in [0.1, 0.15) is 219 Å². The first-order valence-corrected chi connectivity index (χ1v) is 22.0. The van der Waals surface area contributed by atoms with Gasteiger partial charge in [-0.2, -0.15) is 0 Å². The lowest BCUT2D eigenvalue weighted by molar-refractivity contribution is -0.00000891. The summed E-state index contributed by atoms with van der Waals surface area (Å²) in [6.45, 7) is 9.91. The summed E-state index contributed by atoms with van der Waals surface area (Å²) in [5.41, 5.74) is 0. The smallest absolute Gasteiger partial charge is 0.0589 e. The van der Waals surface area contributed by atoms with Gasteiger partial charge >= 0.3 is 0 Å². The van der Waals surface area contributed by atoms with Crippen molar-refractivity contribution in [1.82, 2.24) is 0 Å². The van der Waals surface area contributed by atoms with Crippen LogP contribution in [0.15, 0.2) is 0 Å². The fourth-order valence-corrected chi connectivity index (χ4v) is 8.67. The Morgan fingerprint density at radius 3 is 0.575 bits per heavy atom. The molecule has 0 nitrogen and oxygen atoms in total. The highest BCUT2D eigenvalue weighted by Crippen LogP contribution is 2.52. The normalized spacial score (nSPS) is 11.7. The first-order chi connectivity index (χ1) is 19.1. The minimum absolute atomic E-state index is 0. The third-order valence-electron chi connectivity index (χ3n) is 9.23. The lowest BCUT2D eigenvalue weighted by atomic mass is 10.0. The second kappa shape index (κ2) is 36.1. The Labute approximate surface area is 268 Å². The van der Waals surface area contributed by atoms with Crippen LogP contribution in [0.4, 0.5) is 0 Å². The minimum Gasteiger partial charge on any atom is -1.00 e. The van der Waals surface area contributed by atoms with E-state index in [4.69, 9.17) is 0 Å². The lowest BCUT2D eigenvalue weighted by Crippen LogP contribution is -3.00. The van der Waals surface area contributed by atoms with Gasteiger partial charge in [-0.1, -0.05) is 194 Å². The van der Waals surface area contributed by atoms with E-state index in [0.29, 0.717) is 0 Å². The summed E-state index contributed by atoms with van der Waals surface area (Å²) in [6.07, 6.45) is 50.5. The summed E-state index contributed by atoms with van der Waals surface area (Å²) in [4.78, 5) is 0. The molecule has 0 aliphatic carbocycles. The highest BCUT2D eigenvalue weighted by molar-refractivity contribution is 7.74. The number of halogens is 1. The first-order valence-electron chi connectivity index (χ1n) is 18.9. The highest BCUT2D eigenvalue weighted by Gasteiger charge is 2.23. The van der Waals surface area contributed by atoms with Gasteiger partial charge in [-0.15, -0.1) is 0 Å². The van der Waals surface area contributed by atoms with Gasteiger partial charge in [0, 0.05) is 20.6 Å². The average Bonchev–Trinajstić information content (AvgIpc) is 2.92. The summed E-state index contributed by atoms with van der Waals surface area (Å²) in [6, 6.07) is 0. The molecule has 244 valence electrons. The van der Waals surface area contributed by atoms with Crippen LogP contribution in [-0.2, 0) is 0 Å². The van der Waals surface area contributed by atoms with Gasteiger partial charge in [0.25, 0.3) is 0 Å². The van der Waals surface area contributed by atoms with E-state index in [-0.39, 0.29) is 17.0 Å². The molecule has 0 spiro atoms. The monoisotopic (exact) mass is 647 g/mol. The number of hydrogen-bond acceptors (Lipinski definition) is 0. The third-order valence-corrected chi connectivity index (χ3v) is 12.3. The molecule has 0 bridgehead atoms. The fraction of sp³-hybridized carbons (Fsp3) is 1.00. The number of hydrogen-bond donors (Lipinski definition) is 0. The zero-order valence-electron chi connectivity index (χ0n) is 28.9. The molecule has 0 aliphatic rings. The molecule has 0 rings (SSSR count). The topological polar surface area (TPSA) is 0 Å². The number of rotatable bonds is 34. The van der Waals surface area contributed by atoms with Crippen molar-refractivity contribution in [1.29, 1.82) is 0 Å². The van der Waals surface area contributed by atoms with E-state index in [9.17, 15) is 0 Å². The highest BCUT2D eigenvalue weighted by atomic mass is 79.9. The standard InChI is InChI=1S/C38H80P.BrH/c1-5-7-9-11-13-15-17-19-21-23-25-27-29-31-33-35-37-39(3,4)38-36-34-32-30-28-26-24-22-20-18-16-14-12-10-8-6-2;/h5-38H2,1-4H3;1H/q+1;/p-1. The van der Waals surface area contributed by atoms with E-state index in [1.165, 1.54) is 205 Å². The van der Waals surface area contributed by atoms with E-state index in [1.807, 2.05) is 0 Å². The SMILES string of the molecule is CCCCCCCCCCCCCCCCCC[P+](C)(C)CCCCCCCCCCCCCCCCCC.[Br-]. The van der Waals surface area contributed by atoms with Crippen LogP contribution < -0.4 is 17.0 Å². The van der Waals surface area contributed by atoms with Gasteiger partial charge in [-0.3, -0.25) is 0 Å². The largest absolute Gasteiger partial charge is 1.00 e. The van der Waals surface area contributed by atoms with Gasteiger partial charge in [0.15, 0.2) is 0 Å². The van der Waals surface area contributed by atoms with Crippen molar-refractivity contribution in [2.24, 2.45) is 0 Å². The fourth-order valence-electron chi connectivity index (χ4n) is 6.29. The summed E-state index contributed by atoms with van der Waals surface area (Å²) in [5, 5.41) is 0. The van der Waals surface area contributed by atoms with E-state index in [1.54, 1.807) is 12.3 Å². The van der Waals surface area contributed by atoms with Crippen molar-refractivity contribution in [2.45, 2.75) is 219 Å². The van der Waals surface area contributed by atoms with Gasteiger partial charge in [0.05, 0.1) is 12.3 Å². The quantitative estimate of drug-likeness (QED) is 0.0482. The van der Waals surface area contributed by atoms with Crippen LogP contribution in [0.5, 0.6) is 0 Å². The van der Waals surface area contributed by atoms with E-state index >= 15 is 0 Å². The molecule has 0 aromatic carbocycles. The summed E-state index contributed by atoms with van der Waals surface area (Å²) in [5.74, 6) is 0. The molecular weight excluding hydrogens is 567 g/mol. The molecule has 0 aliphatic heterocycles. The second-order valence-corrected chi connectivity index (χ2v) is 18.8.